The maximum absolute atomic E-state index is 12.4. The van der Waals surface area contributed by atoms with E-state index in [1.165, 1.54) is 0 Å². The molecule has 0 saturated heterocycles. The van der Waals surface area contributed by atoms with E-state index in [0.717, 1.165) is 6.07 Å². The van der Waals surface area contributed by atoms with Crippen LogP contribution in [0.3, 0.4) is 0 Å². The SMILES string of the molecule is CCOC(=O)c1cc(Cl)c(C(F)F)nc1I. The van der Waals surface area contributed by atoms with E-state index in [2.05, 4.69) is 4.98 Å². The van der Waals surface area contributed by atoms with Crippen LogP contribution in [0.4, 0.5) is 8.78 Å². The maximum atomic E-state index is 12.4. The normalized spacial score (nSPS) is 10.6. The van der Waals surface area contributed by atoms with Gasteiger partial charge >= 0.3 is 5.97 Å². The average molecular weight is 362 g/mol. The third kappa shape index (κ3) is 3.00. The van der Waals surface area contributed by atoms with Crippen LogP contribution in [0.1, 0.15) is 29.4 Å². The van der Waals surface area contributed by atoms with Gasteiger partial charge in [-0.25, -0.2) is 18.6 Å². The number of aromatic nitrogens is 1. The first-order chi connectivity index (χ1) is 7.47. The quantitative estimate of drug-likeness (QED) is 0.470. The van der Waals surface area contributed by atoms with Crippen LogP contribution in [0.15, 0.2) is 6.07 Å². The Hall–Kier alpha value is -0.500. The van der Waals surface area contributed by atoms with Gasteiger partial charge in [0.05, 0.1) is 17.2 Å². The minimum atomic E-state index is -2.77. The minimum absolute atomic E-state index is 0.0943. The molecule has 0 radical (unpaired) electrons. The van der Waals surface area contributed by atoms with Crippen LogP contribution < -0.4 is 0 Å². The summed E-state index contributed by atoms with van der Waals surface area (Å²) in [5.74, 6) is -0.623. The summed E-state index contributed by atoms with van der Waals surface area (Å²) in [6.45, 7) is 1.84. The Bertz CT molecular complexity index is 415. The van der Waals surface area contributed by atoms with Crippen molar-refractivity contribution in [1.29, 1.82) is 0 Å². The van der Waals surface area contributed by atoms with E-state index in [-0.39, 0.29) is 20.9 Å². The minimum Gasteiger partial charge on any atom is -0.462 e. The highest BCUT2D eigenvalue weighted by Crippen LogP contribution is 2.28. The predicted molar refractivity (Wildman–Crippen MR) is 62.9 cm³/mol. The van der Waals surface area contributed by atoms with Crippen molar-refractivity contribution in [2.75, 3.05) is 6.61 Å². The molecule has 0 fully saturated rings. The van der Waals surface area contributed by atoms with Gasteiger partial charge in [-0.3, -0.25) is 0 Å². The van der Waals surface area contributed by atoms with Crippen molar-refractivity contribution < 1.29 is 18.3 Å². The summed E-state index contributed by atoms with van der Waals surface area (Å²) in [4.78, 5) is 15.0. The van der Waals surface area contributed by atoms with Crippen molar-refractivity contribution in [2.24, 2.45) is 0 Å². The van der Waals surface area contributed by atoms with Crippen molar-refractivity contribution in [3.05, 3.63) is 26.0 Å². The highest BCUT2D eigenvalue weighted by atomic mass is 127. The smallest absolute Gasteiger partial charge is 0.340 e. The number of hydrogen-bond acceptors (Lipinski definition) is 3. The van der Waals surface area contributed by atoms with Gasteiger partial charge in [0, 0.05) is 0 Å². The number of carbonyl (C=O) groups excluding carboxylic acids is 1. The molecule has 0 bridgehead atoms. The van der Waals surface area contributed by atoms with E-state index in [0.29, 0.717) is 0 Å². The number of esters is 1. The lowest BCUT2D eigenvalue weighted by atomic mass is 10.2. The molecule has 1 heterocycles. The van der Waals surface area contributed by atoms with Crippen molar-refractivity contribution in [1.82, 2.24) is 4.98 Å². The molecule has 1 rings (SSSR count). The van der Waals surface area contributed by atoms with Crippen LogP contribution in [0, 0.1) is 3.70 Å². The molecule has 0 aliphatic heterocycles. The Morgan fingerprint density at radius 2 is 2.31 bits per heavy atom. The zero-order valence-corrected chi connectivity index (χ0v) is 11.1. The van der Waals surface area contributed by atoms with Gasteiger partial charge in [-0.1, -0.05) is 11.6 Å². The van der Waals surface area contributed by atoms with Gasteiger partial charge in [-0.05, 0) is 35.6 Å². The molecule has 0 saturated carbocycles. The first-order valence-electron chi connectivity index (χ1n) is 4.28. The van der Waals surface area contributed by atoms with E-state index in [1.54, 1.807) is 29.5 Å². The number of halogens is 4. The molecule has 3 nitrogen and oxygen atoms in total. The van der Waals surface area contributed by atoms with Crippen molar-refractivity contribution in [3.8, 4) is 0 Å². The number of ether oxygens (including phenoxy) is 1. The molecule has 88 valence electrons. The molecule has 0 aliphatic rings. The van der Waals surface area contributed by atoms with Crippen molar-refractivity contribution >= 4 is 40.2 Å². The van der Waals surface area contributed by atoms with E-state index in [9.17, 15) is 13.6 Å². The van der Waals surface area contributed by atoms with Gasteiger partial charge < -0.3 is 4.74 Å². The Morgan fingerprint density at radius 1 is 1.69 bits per heavy atom. The van der Waals surface area contributed by atoms with Crippen LogP contribution in [-0.2, 0) is 4.74 Å². The number of pyridine rings is 1. The molecule has 0 aromatic carbocycles. The lowest BCUT2D eigenvalue weighted by molar-refractivity contribution is 0.0524. The standard InChI is InChI=1S/C9H7ClF2INO2/c1-2-16-9(15)4-3-5(10)6(7(11)12)14-8(4)13/h3,7H,2H2,1H3. The average Bonchev–Trinajstić information content (AvgIpc) is 2.20. The number of nitrogens with zero attached hydrogens (tertiary/aromatic N) is 1. The Kier molecular flexibility index (Phi) is 4.85. The molecule has 0 unspecified atom stereocenters. The fourth-order valence-electron chi connectivity index (χ4n) is 0.985. The van der Waals surface area contributed by atoms with E-state index in [4.69, 9.17) is 16.3 Å². The summed E-state index contributed by atoms with van der Waals surface area (Å²) in [6.07, 6.45) is -2.77. The molecule has 16 heavy (non-hydrogen) atoms. The lowest BCUT2D eigenvalue weighted by Crippen LogP contribution is -2.09. The highest BCUT2D eigenvalue weighted by molar-refractivity contribution is 14.1. The summed E-state index contributed by atoms with van der Waals surface area (Å²) in [5, 5.41) is -0.238. The molecular weight excluding hydrogens is 354 g/mol. The molecule has 0 amide bonds. The molecule has 1 aromatic rings. The van der Waals surface area contributed by atoms with Crippen LogP contribution in [0.2, 0.25) is 5.02 Å². The lowest BCUT2D eigenvalue weighted by Gasteiger charge is -2.07. The molecule has 0 N–H and O–H groups in total. The second-order valence-corrected chi connectivity index (χ2v) is 4.14. The Labute approximate surface area is 109 Å². The summed E-state index contributed by atoms with van der Waals surface area (Å²) in [6, 6.07) is 1.15. The Morgan fingerprint density at radius 3 is 2.81 bits per heavy atom. The molecule has 1 aromatic heterocycles. The third-order valence-electron chi connectivity index (χ3n) is 1.66. The van der Waals surface area contributed by atoms with E-state index >= 15 is 0 Å². The fourth-order valence-corrected chi connectivity index (χ4v) is 1.85. The highest BCUT2D eigenvalue weighted by Gasteiger charge is 2.20. The number of rotatable bonds is 3. The number of carbonyl (C=O) groups is 1. The first-order valence-corrected chi connectivity index (χ1v) is 5.74. The van der Waals surface area contributed by atoms with Crippen molar-refractivity contribution in [3.63, 3.8) is 0 Å². The topological polar surface area (TPSA) is 39.2 Å². The second kappa shape index (κ2) is 5.72. The van der Waals surface area contributed by atoms with Gasteiger partial charge in [0.15, 0.2) is 0 Å². The predicted octanol–water partition coefficient (Wildman–Crippen LogP) is 3.45. The van der Waals surface area contributed by atoms with Crippen molar-refractivity contribution in [2.45, 2.75) is 13.3 Å². The van der Waals surface area contributed by atoms with E-state index in [1.807, 2.05) is 0 Å². The maximum Gasteiger partial charge on any atom is 0.340 e. The molecule has 0 atom stereocenters. The fraction of sp³-hybridized carbons (Fsp3) is 0.333. The largest absolute Gasteiger partial charge is 0.462 e. The number of hydrogen-bond donors (Lipinski definition) is 0. The summed E-state index contributed by atoms with van der Waals surface area (Å²) in [7, 11) is 0. The van der Waals surface area contributed by atoms with Gasteiger partial charge in [-0.15, -0.1) is 0 Å². The summed E-state index contributed by atoms with van der Waals surface area (Å²) < 4.78 is 29.7. The van der Waals surface area contributed by atoms with Gasteiger partial charge in [0.1, 0.15) is 9.39 Å². The zero-order chi connectivity index (χ0) is 12.3. The summed E-state index contributed by atoms with van der Waals surface area (Å²) >= 11 is 7.27. The molecule has 0 aliphatic carbocycles. The van der Waals surface area contributed by atoms with Crippen LogP contribution in [0.25, 0.3) is 0 Å². The Balaban J connectivity index is 3.15. The van der Waals surface area contributed by atoms with E-state index < -0.39 is 18.1 Å². The second-order valence-electron chi connectivity index (χ2n) is 2.71. The zero-order valence-electron chi connectivity index (χ0n) is 8.14. The molecule has 7 heteroatoms. The van der Waals surface area contributed by atoms with Crippen LogP contribution in [-0.4, -0.2) is 17.6 Å². The van der Waals surface area contributed by atoms with Crippen LogP contribution >= 0.6 is 34.2 Å². The van der Waals surface area contributed by atoms with Crippen LogP contribution in [0.5, 0.6) is 0 Å². The molecular formula is C9H7ClF2INO2. The molecule has 0 spiro atoms. The van der Waals surface area contributed by atoms with Gasteiger partial charge in [-0.2, -0.15) is 0 Å². The number of alkyl halides is 2. The van der Waals surface area contributed by atoms with Gasteiger partial charge in [0.2, 0.25) is 0 Å². The third-order valence-corrected chi connectivity index (χ3v) is 2.78. The first kappa shape index (κ1) is 13.6. The monoisotopic (exact) mass is 361 g/mol. The summed E-state index contributed by atoms with van der Waals surface area (Å²) in [5.41, 5.74) is -0.434. The van der Waals surface area contributed by atoms with Gasteiger partial charge in [0.25, 0.3) is 6.43 Å².